The van der Waals surface area contributed by atoms with Gasteiger partial charge < -0.3 is 15.0 Å². The lowest BCUT2D eigenvalue weighted by atomic mass is 10.2. The van der Waals surface area contributed by atoms with Crippen molar-refractivity contribution in [2.24, 2.45) is 0 Å². The molecule has 0 aromatic heterocycles. The van der Waals surface area contributed by atoms with Crippen LogP contribution in [0, 0.1) is 0 Å². The Bertz CT molecular complexity index is 697. The summed E-state index contributed by atoms with van der Waals surface area (Å²) in [7, 11) is 1.68. The predicted molar refractivity (Wildman–Crippen MR) is 101 cm³/mol. The molecule has 1 aliphatic heterocycles. The number of nitrogens with one attached hydrogen (secondary N) is 1. The minimum atomic E-state index is -0.146. The Balaban J connectivity index is 1.55. The largest absolute Gasteiger partial charge is 0.497 e. The molecule has 0 saturated carbocycles. The third kappa shape index (κ3) is 4.31. The molecule has 0 spiro atoms. The Hall–Kier alpha value is -2.53. The molecule has 5 nitrogen and oxygen atoms in total. The van der Waals surface area contributed by atoms with Gasteiger partial charge in [0.15, 0.2) is 0 Å². The average Bonchev–Trinajstić information content (AvgIpc) is 2.68. The molecule has 1 atom stereocenters. The minimum Gasteiger partial charge on any atom is -0.497 e. The Morgan fingerprint density at radius 1 is 1.04 bits per heavy atom. The third-order valence-corrected chi connectivity index (χ3v) is 4.70. The van der Waals surface area contributed by atoms with Crippen molar-refractivity contribution in [1.82, 2.24) is 4.90 Å². The number of nitrogens with zero attached hydrogens (tertiary/aromatic N) is 2. The van der Waals surface area contributed by atoms with Crippen LogP contribution >= 0.6 is 0 Å². The SMILES string of the molecule is COc1cccc(N2CCN([C@@H](C)C(=O)Nc3ccccc3)CC2)c1. The Morgan fingerprint density at radius 2 is 1.76 bits per heavy atom. The first-order valence-corrected chi connectivity index (χ1v) is 8.66. The van der Waals surface area contributed by atoms with Gasteiger partial charge in [0.2, 0.25) is 5.91 Å². The lowest BCUT2D eigenvalue weighted by molar-refractivity contribution is -0.120. The Labute approximate surface area is 149 Å². The molecular weight excluding hydrogens is 314 g/mol. The lowest BCUT2D eigenvalue weighted by Crippen LogP contribution is -2.52. The molecule has 0 unspecified atom stereocenters. The van der Waals surface area contributed by atoms with E-state index in [9.17, 15) is 4.79 Å². The van der Waals surface area contributed by atoms with Crippen molar-refractivity contribution >= 4 is 17.3 Å². The van der Waals surface area contributed by atoms with E-state index in [1.807, 2.05) is 49.4 Å². The van der Waals surface area contributed by atoms with E-state index in [1.165, 1.54) is 5.69 Å². The van der Waals surface area contributed by atoms with Crippen molar-refractivity contribution in [3.63, 3.8) is 0 Å². The van der Waals surface area contributed by atoms with E-state index in [0.717, 1.165) is 37.6 Å². The highest BCUT2D eigenvalue weighted by Gasteiger charge is 2.25. The first-order valence-electron chi connectivity index (χ1n) is 8.66. The maximum atomic E-state index is 12.5. The number of ether oxygens (including phenoxy) is 1. The van der Waals surface area contributed by atoms with Gasteiger partial charge in [-0.2, -0.15) is 0 Å². The molecule has 3 rings (SSSR count). The maximum Gasteiger partial charge on any atom is 0.241 e. The van der Waals surface area contributed by atoms with Crippen molar-refractivity contribution in [3.8, 4) is 5.75 Å². The van der Waals surface area contributed by atoms with Crippen molar-refractivity contribution in [1.29, 1.82) is 0 Å². The molecular formula is C20H25N3O2. The van der Waals surface area contributed by atoms with Crippen LogP contribution in [0.25, 0.3) is 0 Å². The van der Waals surface area contributed by atoms with Crippen molar-refractivity contribution < 1.29 is 9.53 Å². The van der Waals surface area contributed by atoms with Crippen LogP contribution < -0.4 is 15.0 Å². The number of carbonyl (C=O) groups excluding carboxylic acids is 1. The minimum absolute atomic E-state index is 0.0426. The lowest BCUT2D eigenvalue weighted by Gasteiger charge is -2.38. The van der Waals surface area contributed by atoms with Gasteiger partial charge in [-0.1, -0.05) is 24.3 Å². The van der Waals surface area contributed by atoms with Crippen LogP contribution in [0.5, 0.6) is 5.75 Å². The van der Waals surface area contributed by atoms with Crippen LogP contribution in [0.15, 0.2) is 54.6 Å². The van der Waals surface area contributed by atoms with Crippen LogP contribution in [0.4, 0.5) is 11.4 Å². The summed E-state index contributed by atoms with van der Waals surface area (Å²) in [6.07, 6.45) is 0. The van der Waals surface area contributed by atoms with Crippen molar-refractivity contribution in [3.05, 3.63) is 54.6 Å². The second kappa shape index (κ2) is 8.03. The van der Waals surface area contributed by atoms with E-state index in [2.05, 4.69) is 27.2 Å². The smallest absolute Gasteiger partial charge is 0.241 e. The highest BCUT2D eigenvalue weighted by Crippen LogP contribution is 2.22. The number of para-hydroxylation sites is 1. The third-order valence-electron chi connectivity index (χ3n) is 4.70. The van der Waals surface area contributed by atoms with Gasteiger partial charge in [0.25, 0.3) is 0 Å². The van der Waals surface area contributed by atoms with Gasteiger partial charge in [0.05, 0.1) is 13.2 Å². The van der Waals surface area contributed by atoms with Crippen LogP contribution in [-0.4, -0.2) is 50.1 Å². The van der Waals surface area contributed by atoms with Gasteiger partial charge >= 0.3 is 0 Å². The Kier molecular flexibility index (Phi) is 5.56. The second-order valence-corrected chi connectivity index (χ2v) is 6.26. The summed E-state index contributed by atoms with van der Waals surface area (Å²) in [5, 5.41) is 2.99. The topological polar surface area (TPSA) is 44.8 Å². The molecule has 1 aliphatic rings. The summed E-state index contributed by atoms with van der Waals surface area (Å²) in [6.45, 7) is 5.49. The van der Waals surface area contributed by atoms with Gasteiger partial charge in [-0.15, -0.1) is 0 Å². The number of amides is 1. The summed E-state index contributed by atoms with van der Waals surface area (Å²) in [4.78, 5) is 17.0. The molecule has 25 heavy (non-hydrogen) atoms. The number of hydrogen-bond donors (Lipinski definition) is 1. The summed E-state index contributed by atoms with van der Waals surface area (Å²) in [6, 6.07) is 17.6. The number of benzene rings is 2. The normalized spacial score (nSPS) is 16.3. The molecule has 2 aromatic rings. The molecule has 1 N–H and O–H groups in total. The van der Waals surface area contributed by atoms with Crippen LogP contribution in [-0.2, 0) is 4.79 Å². The molecule has 1 saturated heterocycles. The zero-order valence-electron chi connectivity index (χ0n) is 14.8. The predicted octanol–water partition coefficient (Wildman–Crippen LogP) is 2.84. The van der Waals surface area contributed by atoms with Gasteiger partial charge in [-0.05, 0) is 31.2 Å². The first kappa shape index (κ1) is 17.3. The average molecular weight is 339 g/mol. The Morgan fingerprint density at radius 3 is 2.44 bits per heavy atom. The van der Waals surface area contributed by atoms with E-state index in [4.69, 9.17) is 4.74 Å². The molecule has 1 heterocycles. The molecule has 0 bridgehead atoms. The highest BCUT2D eigenvalue weighted by atomic mass is 16.5. The van der Waals surface area contributed by atoms with Gasteiger partial charge in [-0.25, -0.2) is 0 Å². The van der Waals surface area contributed by atoms with E-state index < -0.39 is 0 Å². The highest BCUT2D eigenvalue weighted by molar-refractivity contribution is 5.94. The fourth-order valence-electron chi connectivity index (χ4n) is 3.11. The standard InChI is InChI=1S/C20H25N3O2/c1-16(20(24)21-17-7-4-3-5-8-17)22-11-13-23(14-12-22)18-9-6-10-19(15-18)25-2/h3-10,15-16H,11-14H2,1-2H3,(H,21,24)/t16-/m0/s1. The molecule has 132 valence electrons. The summed E-state index contributed by atoms with van der Waals surface area (Å²) in [5.41, 5.74) is 2.01. The van der Waals surface area contributed by atoms with Crippen LogP contribution in [0.2, 0.25) is 0 Å². The molecule has 1 amide bonds. The fourth-order valence-corrected chi connectivity index (χ4v) is 3.11. The zero-order chi connectivity index (χ0) is 17.6. The van der Waals surface area contributed by atoms with E-state index in [-0.39, 0.29) is 11.9 Å². The monoisotopic (exact) mass is 339 g/mol. The number of rotatable bonds is 5. The van der Waals surface area contributed by atoms with Crippen molar-refractivity contribution in [2.75, 3.05) is 43.5 Å². The summed E-state index contributed by atoms with van der Waals surface area (Å²) >= 11 is 0. The fraction of sp³-hybridized carbons (Fsp3) is 0.350. The van der Waals surface area contributed by atoms with Gasteiger partial charge in [0.1, 0.15) is 5.75 Å². The second-order valence-electron chi connectivity index (χ2n) is 6.26. The molecule has 0 radical (unpaired) electrons. The summed E-state index contributed by atoms with van der Waals surface area (Å²) < 4.78 is 5.30. The number of carbonyl (C=O) groups is 1. The quantitative estimate of drug-likeness (QED) is 0.910. The molecule has 1 fully saturated rings. The maximum absolute atomic E-state index is 12.5. The zero-order valence-corrected chi connectivity index (χ0v) is 14.8. The number of methoxy groups -OCH3 is 1. The molecule has 2 aromatic carbocycles. The van der Waals surface area contributed by atoms with Gasteiger partial charge in [-0.3, -0.25) is 9.69 Å². The number of hydrogen-bond acceptors (Lipinski definition) is 4. The van der Waals surface area contributed by atoms with Crippen molar-refractivity contribution in [2.45, 2.75) is 13.0 Å². The molecule has 5 heteroatoms. The van der Waals surface area contributed by atoms with E-state index in [0.29, 0.717) is 0 Å². The number of piperazine rings is 1. The van der Waals surface area contributed by atoms with Crippen LogP contribution in [0.1, 0.15) is 6.92 Å². The van der Waals surface area contributed by atoms with E-state index in [1.54, 1.807) is 7.11 Å². The van der Waals surface area contributed by atoms with E-state index >= 15 is 0 Å². The molecule has 0 aliphatic carbocycles. The van der Waals surface area contributed by atoms with Crippen LogP contribution in [0.3, 0.4) is 0 Å². The number of anilines is 2. The van der Waals surface area contributed by atoms with Gasteiger partial charge in [0, 0.05) is 43.6 Å². The first-order chi connectivity index (χ1) is 12.2. The summed E-state index contributed by atoms with van der Waals surface area (Å²) in [5.74, 6) is 0.913.